The summed E-state index contributed by atoms with van der Waals surface area (Å²) in [6.07, 6.45) is 0.492. The van der Waals surface area contributed by atoms with Crippen LogP contribution in [0.3, 0.4) is 0 Å². The zero-order valence-corrected chi connectivity index (χ0v) is 18.9. The van der Waals surface area contributed by atoms with E-state index in [1.54, 1.807) is 0 Å². The molecule has 0 fully saturated rings. The van der Waals surface area contributed by atoms with Gasteiger partial charge >= 0.3 is 0 Å². The first-order valence-electron chi connectivity index (χ1n) is 10.0. The van der Waals surface area contributed by atoms with Crippen LogP contribution >= 0.6 is 0 Å². The Morgan fingerprint density at radius 3 is 2.14 bits per heavy atom. The molecule has 0 radical (unpaired) electrons. The first-order chi connectivity index (χ1) is 13.0. The lowest BCUT2D eigenvalue weighted by Gasteiger charge is -2.28. The standard InChI is InChI=1S/C22H38N4O2/c1-16(2)13-21(27)23-19-9-10-20(25(7)8)18(14-19)15-26(12-11-24(5)6)22(28)17(3)4/h9-10,14,16-17H,11-13,15H2,1-8H3,(H,23,27). The van der Waals surface area contributed by atoms with E-state index in [1.165, 1.54) is 0 Å². The van der Waals surface area contributed by atoms with Gasteiger partial charge in [-0.3, -0.25) is 9.59 Å². The number of likely N-dealkylation sites (N-methyl/N-ethyl adjacent to an activating group) is 1. The Hall–Kier alpha value is -2.08. The summed E-state index contributed by atoms with van der Waals surface area (Å²) in [5.74, 6) is 0.409. The number of amides is 2. The number of carbonyl (C=O) groups excluding carboxylic acids is 2. The first kappa shape index (κ1) is 24.0. The van der Waals surface area contributed by atoms with Crippen LogP contribution < -0.4 is 10.2 Å². The maximum absolute atomic E-state index is 12.7. The summed E-state index contributed by atoms with van der Waals surface area (Å²) in [6, 6.07) is 5.92. The van der Waals surface area contributed by atoms with Crippen molar-refractivity contribution in [3.63, 3.8) is 0 Å². The van der Waals surface area contributed by atoms with Gasteiger partial charge in [0.25, 0.3) is 0 Å². The summed E-state index contributed by atoms with van der Waals surface area (Å²) in [4.78, 5) is 30.9. The molecule has 28 heavy (non-hydrogen) atoms. The van der Waals surface area contributed by atoms with Crippen molar-refractivity contribution in [2.45, 2.75) is 40.7 Å². The molecule has 1 aromatic carbocycles. The molecule has 1 aromatic rings. The number of hydrogen-bond acceptors (Lipinski definition) is 4. The van der Waals surface area contributed by atoms with E-state index in [1.807, 2.05) is 83.9 Å². The molecule has 6 heteroatoms. The van der Waals surface area contributed by atoms with Crippen LogP contribution in [0.25, 0.3) is 0 Å². The zero-order chi connectivity index (χ0) is 21.4. The normalized spacial score (nSPS) is 11.2. The lowest BCUT2D eigenvalue weighted by atomic mass is 10.1. The highest BCUT2D eigenvalue weighted by molar-refractivity contribution is 5.91. The van der Waals surface area contributed by atoms with Crippen molar-refractivity contribution in [1.82, 2.24) is 9.80 Å². The van der Waals surface area contributed by atoms with Gasteiger partial charge in [-0.2, -0.15) is 0 Å². The second-order valence-corrected chi connectivity index (χ2v) is 8.60. The summed E-state index contributed by atoms with van der Waals surface area (Å²) in [6.45, 7) is 9.91. The van der Waals surface area contributed by atoms with Gasteiger partial charge in [-0.1, -0.05) is 27.7 Å². The molecule has 0 aliphatic rings. The Balaban J connectivity index is 3.12. The zero-order valence-electron chi connectivity index (χ0n) is 18.9. The fourth-order valence-electron chi connectivity index (χ4n) is 2.97. The quantitative estimate of drug-likeness (QED) is 0.666. The minimum Gasteiger partial charge on any atom is -0.377 e. The molecule has 6 nitrogen and oxygen atoms in total. The van der Waals surface area contributed by atoms with Crippen molar-refractivity contribution < 1.29 is 9.59 Å². The lowest BCUT2D eigenvalue weighted by molar-refractivity contribution is -0.135. The van der Waals surface area contributed by atoms with E-state index in [-0.39, 0.29) is 17.7 Å². The Labute approximate surface area is 170 Å². The predicted octanol–water partition coefficient (Wildman–Crippen LogP) is 3.28. The molecular weight excluding hydrogens is 352 g/mol. The molecule has 0 atom stereocenters. The number of anilines is 2. The van der Waals surface area contributed by atoms with E-state index in [2.05, 4.69) is 10.2 Å². The molecule has 0 aliphatic carbocycles. The summed E-state index contributed by atoms with van der Waals surface area (Å²) in [5, 5.41) is 2.99. The molecule has 0 spiro atoms. The smallest absolute Gasteiger partial charge is 0.225 e. The fraction of sp³-hybridized carbons (Fsp3) is 0.636. The van der Waals surface area contributed by atoms with Gasteiger partial charge in [0.2, 0.25) is 11.8 Å². The molecule has 0 saturated carbocycles. The highest BCUT2D eigenvalue weighted by Gasteiger charge is 2.20. The third-order valence-electron chi connectivity index (χ3n) is 4.42. The predicted molar refractivity (Wildman–Crippen MR) is 118 cm³/mol. The van der Waals surface area contributed by atoms with Gasteiger partial charge in [0.1, 0.15) is 0 Å². The minimum absolute atomic E-state index is 0.0151. The maximum Gasteiger partial charge on any atom is 0.225 e. The van der Waals surface area contributed by atoms with E-state index in [9.17, 15) is 9.59 Å². The van der Waals surface area contributed by atoms with Crippen LogP contribution in [0, 0.1) is 11.8 Å². The monoisotopic (exact) mass is 390 g/mol. The van der Waals surface area contributed by atoms with Crippen LogP contribution in [0.1, 0.15) is 39.7 Å². The van der Waals surface area contributed by atoms with E-state index in [0.29, 0.717) is 25.4 Å². The van der Waals surface area contributed by atoms with E-state index in [4.69, 9.17) is 0 Å². The fourth-order valence-corrected chi connectivity index (χ4v) is 2.97. The molecule has 0 aliphatic heterocycles. The average Bonchev–Trinajstić information content (AvgIpc) is 2.56. The minimum atomic E-state index is -0.0566. The molecule has 158 valence electrons. The molecule has 1 N–H and O–H groups in total. The van der Waals surface area contributed by atoms with Crippen molar-refractivity contribution in [3.05, 3.63) is 23.8 Å². The Bertz CT molecular complexity index is 654. The third-order valence-corrected chi connectivity index (χ3v) is 4.42. The first-order valence-corrected chi connectivity index (χ1v) is 10.0. The van der Waals surface area contributed by atoms with Gasteiger partial charge < -0.3 is 20.0 Å². The van der Waals surface area contributed by atoms with Crippen molar-refractivity contribution in [2.75, 3.05) is 51.5 Å². The Morgan fingerprint density at radius 1 is 1.00 bits per heavy atom. The second kappa shape index (κ2) is 11.1. The summed E-state index contributed by atoms with van der Waals surface area (Å²) >= 11 is 0. The number of nitrogens with zero attached hydrogens (tertiary/aromatic N) is 3. The van der Waals surface area contributed by atoms with Crippen molar-refractivity contribution in [3.8, 4) is 0 Å². The third kappa shape index (κ3) is 7.89. The number of nitrogens with one attached hydrogen (secondary N) is 1. The molecule has 2 amide bonds. The van der Waals surface area contributed by atoms with Crippen LogP contribution in [0.4, 0.5) is 11.4 Å². The highest BCUT2D eigenvalue weighted by Crippen LogP contribution is 2.25. The van der Waals surface area contributed by atoms with Gasteiger partial charge in [-0.25, -0.2) is 0 Å². The lowest BCUT2D eigenvalue weighted by Crippen LogP contribution is -2.38. The van der Waals surface area contributed by atoms with Gasteiger partial charge in [0.05, 0.1) is 0 Å². The molecule has 1 rings (SSSR count). The van der Waals surface area contributed by atoms with Crippen LogP contribution in [0.15, 0.2) is 18.2 Å². The maximum atomic E-state index is 12.7. The van der Waals surface area contributed by atoms with E-state index in [0.717, 1.165) is 23.5 Å². The summed E-state index contributed by atoms with van der Waals surface area (Å²) in [5.41, 5.74) is 2.85. The Morgan fingerprint density at radius 2 is 1.64 bits per heavy atom. The largest absolute Gasteiger partial charge is 0.377 e. The van der Waals surface area contributed by atoms with Crippen LogP contribution in [-0.4, -0.2) is 62.9 Å². The molecule has 0 bridgehead atoms. The average molecular weight is 391 g/mol. The molecule has 0 aromatic heterocycles. The van der Waals surface area contributed by atoms with Gasteiger partial charge in [-0.05, 0) is 43.8 Å². The Kier molecular flexibility index (Phi) is 9.46. The highest BCUT2D eigenvalue weighted by atomic mass is 16.2. The topological polar surface area (TPSA) is 55.9 Å². The van der Waals surface area contributed by atoms with Crippen LogP contribution in [0.2, 0.25) is 0 Å². The molecule has 0 heterocycles. The van der Waals surface area contributed by atoms with Crippen molar-refractivity contribution >= 4 is 23.2 Å². The van der Waals surface area contributed by atoms with Gasteiger partial charge in [-0.15, -0.1) is 0 Å². The van der Waals surface area contributed by atoms with Crippen molar-refractivity contribution in [1.29, 1.82) is 0 Å². The van der Waals surface area contributed by atoms with Crippen molar-refractivity contribution in [2.24, 2.45) is 11.8 Å². The number of rotatable bonds is 10. The number of benzene rings is 1. The van der Waals surface area contributed by atoms with E-state index >= 15 is 0 Å². The number of hydrogen-bond donors (Lipinski definition) is 1. The molecule has 0 unspecified atom stereocenters. The van der Waals surface area contributed by atoms with Crippen LogP contribution in [-0.2, 0) is 16.1 Å². The summed E-state index contributed by atoms with van der Waals surface area (Å²) < 4.78 is 0. The molecular formula is C22H38N4O2. The summed E-state index contributed by atoms with van der Waals surface area (Å²) in [7, 11) is 8.00. The van der Waals surface area contributed by atoms with E-state index < -0.39 is 0 Å². The SMILES string of the molecule is CC(C)CC(=O)Nc1ccc(N(C)C)c(CN(CCN(C)C)C(=O)C(C)C)c1. The van der Waals surface area contributed by atoms with Gasteiger partial charge in [0.15, 0.2) is 0 Å². The van der Waals surface area contributed by atoms with Crippen LogP contribution in [0.5, 0.6) is 0 Å². The second-order valence-electron chi connectivity index (χ2n) is 8.60. The van der Waals surface area contributed by atoms with Gasteiger partial charge in [0, 0.05) is 57.4 Å². The molecule has 0 saturated heterocycles. The number of carbonyl (C=O) groups is 2.